The zero-order valence-electron chi connectivity index (χ0n) is 8.99. The molecule has 78 valence electrons. The van der Waals surface area contributed by atoms with Crippen LogP contribution in [-0.4, -0.2) is 0 Å². The van der Waals surface area contributed by atoms with E-state index in [-0.39, 0.29) is 0 Å². The summed E-state index contributed by atoms with van der Waals surface area (Å²) in [5, 5.41) is 0. The summed E-state index contributed by atoms with van der Waals surface area (Å²) >= 11 is 0. The monoisotopic (exact) mass is 202 g/mol. The van der Waals surface area contributed by atoms with Gasteiger partial charge in [-0.05, 0) is 32.0 Å². The van der Waals surface area contributed by atoms with Crippen LogP contribution in [0.2, 0.25) is 0 Å². The highest BCUT2D eigenvalue weighted by atomic mass is 16.5. The largest absolute Gasteiger partial charge is 0.489 e. The number of aryl methyl sites for hydroxylation is 2. The summed E-state index contributed by atoms with van der Waals surface area (Å²) in [7, 11) is 0. The van der Waals surface area contributed by atoms with Gasteiger partial charge in [-0.25, -0.2) is 0 Å². The molecule has 0 atom stereocenters. The first kappa shape index (κ1) is 9.84. The van der Waals surface area contributed by atoms with E-state index >= 15 is 0 Å². The van der Waals surface area contributed by atoms with Gasteiger partial charge in [0.1, 0.15) is 18.1 Å². The lowest BCUT2D eigenvalue weighted by Crippen LogP contribution is -1.95. The van der Waals surface area contributed by atoms with Gasteiger partial charge in [-0.1, -0.05) is 17.7 Å². The Labute approximate surface area is 89.5 Å². The number of benzene rings is 1. The van der Waals surface area contributed by atoms with Crippen LogP contribution in [0.5, 0.6) is 5.75 Å². The van der Waals surface area contributed by atoms with E-state index in [1.165, 1.54) is 5.56 Å². The summed E-state index contributed by atoms with van der Waals surface area (Å²) in [6.07, 6.45) is 1.68. The summed E-state index contributed by atoms with van der Waals surface area (Å²) < 4.78 is 10.8. The molecule has 0 aliphatic carbocycles. The van der Waals surface area contributed by atoms with Crippen LogP contribution in [0.4, 0.5) is 0 Å². The van der Waals surface area contributed by atoms with Crippen LogP contribution in [0, 0.1) is 13.8 Å². The molecular weight excluding hydrogens is 188 g/mol. The number of hydrogen-bond acceptors (Lipinski definition) is 2. The van der Waals surface area contributed by atoms with Crippen molar-refractivity contribution in [3.63, 3.8) is 0 Å². The Morgan fingerprint density at radius 3 is 2.40 bits per heavy atom. The second-order valence-electron chi connectivity index (χ2n) is 3.60. The predicted octanol–water partition coefficient (Wildman–Crippen LogP) is 3.48. The van der Waals surface area contributed by atoms with E-state index in [0.717, 1.165) is 17.1 Å². The predicted molar refractivity (Wildman–Crippen MR) is 59.0 cm³/mol. The highest BCUT2D eigenvalue weighted by Gasteiger charge is 2.01. The molecule has 0 saturated carbocycles. The fourth-order valence-corrected chi connectivity index (χ4v) is 1.36. The number of furan rings is 1. The Balaban J connectivity index is 1.99. The van der Waals surface area contributed by atoms with Crippen LogP contribution < -0.4 is 4.74 Å². The minimum atomic E-state index is 0.561. The lowest BCUT2D eigenvalue weighted by atomic mass is 10.2. The SMILES string of the molecule is Cc1ccc(OCc2ccoc2C)cc1. The molecule has 2 heteroatoms. The molecule has 0 fully saturated rings. The molecule has 0 aliphatic heterocycles. The van der Waals surface area contributed by atoms with E-state index in [2.05, 4.69) is 6.92 Å². The van der Waals surface area contributed by atoms with Crippen molar-refractivity contribution < 1.29 is 9.15 Å². The summed E-state index contributed by atoms with van der Waals surface area (Å²) in [4.78, 5) is 0. The summed E-state index contributed by atoms with van der Waals surface area (Å²) in [6, 6.07) is 9.97. The molecule has 2 aromatic rings. The maximum atomic E-state index is 5.63. The third-order valence-corrected chi connectivity index (χ3v) is 2.38. The Kier molecular flexibility index (Phi) is 2.77. The van der Waals surface area contributed by atoms with Crippen LogP contribution in [0.1, 0.15) is 16.9 Å². The van der Waals surface area contributed by atoms with E-state index in [1.807, 2.05) is 37.3 Å². The molecule has 1 aromatic heterocycles. The molecule has 1 heterocycles. The zero-order chi connectivity index (χ0) is 10.7. The van der Waals surface area contributed by atoms with Gasteiger partial charge in [-0.2, -0.15) is 0 Å². The van der Waals surface area contributed by atoms with Gasteiger partial charge < -0.3 is 9.15 Å². The van der Waals surface area contributed by atoms with E-state index in [9.17, 15) is 0 Å². The Bertz CT molecular complexity index is 426. The molecule has 2 nitrogen and oxygen atoms in total. The van der Waals surface area contributed by atoms with Gasteiger partial charge in [-0.3, -0.25) is 0 Å². The minimum Gasteiger partial charge on any atom is -0.489 e. The maximum absolute atomic E-state index is 5.63. The van der Waals surface area contributed by atoms with Gasteiger partial charge in [0, 0.05) is 5.56 Å². The van der Waals surface area contributed by atoms with Gasteiger partial charge in [0.15, 0.2) is 0 Å². The highest BCUT2D eigenvalue weighted by molar-refractivity contribution is 5.27. The molecular formula is C13H14O2. The van der Waals surface area contributed by atoms with Gasteiger partial charge in [0.25, 0.3) is 0 Å². The fourth-order valence-electron chi connectivity index (χ4n) is 1.36. The molecule has 15 heavy (non-hydrogen) atoms. The second-order valence-corrected chi connectivity index (χ2v) is 3.60. The molecule has 0 radical (unpaired) electrons. The van der Waals surface area contributed by atoms with Crippen molar-refractivity contribution in [2.75, 3.05) is 0 Å². The summed E-state index contributed by atoms with van der Waals surface area (Å²) in [5.41, 5.74) is 2.33. The van der Waals surface area contributed by atoms with Crippen LogP contribution in [0.25, 0.3) is 0 Å². The lowest BCUT2D eigenvalue weighted by molar-refractivity contribution is 0.303. The molecule has 0 bridgehead atoms. The topological polar surface area (TPSA) is 22.4 Å². The minimum absolute atomic E-state index is 0.561. The van der Waals surface area contributed by atoms with Crippen molar-refractivity contribution in [3.8, 4) is 5.75 Å². The first-order valence-electron chi connectivity index (χ1n) is 4.98. The summed E-state index contributed by atoms with van der Waals surface area (Å²) in [5.74, 6) is 1.81. The number of ether oxygens (including phenoxy) is 1. The Hall–Kier alpha value is -1.70. The van der Waals surface area contributed by atoms with Gasteiger partial charge in [0.05, 0.1) is 6.26 Å². The quantitative estimate of drug-likeness (QED) is 0.760. The van der Waals surface area contributed by atoms with Gasteiger partial charge in [0.2, 0.25) is 0 Å². The standard InChI is InChI=1S/C13H14O2/c1-10-3-5-13(6-4-10)15-9-12-7-8-14-11(12)2/h3-8H,9H2,1-2H3. The number of rotatable bonds is 3. The first-order chi connectivity index (χ1) is 7.25. The molecule has 0 saturated heterocycles. The highest BCUT2D eigenvalue weighted by Crippen LogP contribution is 2.15. The molecule has 0 amide bonds. The van der Waals surface area contributed by atoms with E-state index in [4.69, 9.17) is 9.15 Å². The van der Waals surface area contributed by atoms with Crippen molar-refractivity contribution in [2.24, 2.45) is 0 Å². The Morgan fingerprint density at radius 1 is 1.07 bits per heavy atom. The molecule has 2 rings (SSSR count). The zero-order valence-corrected chi connectivity index (χ0v) is 8.99. The normalized spacial score (nSPS) is 10.3. The van der Waals surface area contributed by atoms with Gasteiger partial charge in [-0.15, -0.1) is 0 Å². The first-order valence-corrected chi connectivity index (χ1v) is 4.98. The molecule has 1 aromatic carbocycles. The smallest absolute Gasteiger partial charge is 0.119 e. The summed E-state index contributed by atoms with van der Waals surface area (Å²) in [6.45, 7) is 4.56. The maximum Gasteiger partial charge on any atom is 0.119 e. The van der Waals surface area contributed by atoms with Crippen LogP contribution >= 0.6 is 0 Å². The van der Waals surface area contributed by atoms with E-state index in [0.29, 0.717) is 6.61 Å². The van der Waals surface area contributed by atoms with Crippen LogP contribution in [0.3, 0.4) is 0 Å². The van der Waals surface area contributed by atoms with Gasteiger partial charge >= 0.3 is 0 Å². The number of hydrogen-bond donors (Lipinski definition) is 0. The molecule has 0 spiro atoms. The molecule has 0 N–H and O–H groups in total. The Morgan fingerprint density at radius 2 is 1.80 bits per heavy atom. The lowest BCUT2D eigenvalue weighted by Gasteiger charge is -2.05. The third-order valence-electron chi connectivity index (χ3n) is 2.38. The van der Waals surface area contributed by atoms with Crippen LogP contribution in [0.15, 0.2) is 41.0 Å². The molecule has 0 aliphatic rings. The second kappa shape index (κ2) is 4.22. The van der Waals surface area contributed by atoms with Crippen LogP contribution in [-0.2, 0) is 6.61 Å². The van der Waals surface area contributed by atoms with Crippen molar-refractivity contribution in [1.82, 2.24) is 0 Å². The molecule has 0 unspecified atom stereocenters. The van der Waals surface area contributed by atoms with Crippen molar-refractivity contribution in [2.45, 2.75) is 20.5 Å². The third kappa shape index (κ3) is 2.40. The fraction of sp³-hybridized carbons (Fsp3) is 0.231. The average Bonchev–Trinajstić information content (AvgIpc) is 2.63. The van der Waals surface area contributed by atoms with Crippen molar-refractivity contribution >= 4 is 0 Å². The van der Waals surface area contributed by atoms with E-state index < -0.39 is 0 Å². The van der Waals surface area contributed by atoms with Crippen molar-refractivity contribution in [3.05, 3.63) is 53.5 Å². The average molecular weight is 202 g/mol. The van der Waals surface area contributed by atoms with E-state index in [1.54, 1.807) is 6.26 Å². The van der Waals surface area contributed by atoms with Crippen molar-refractivity contribution in [1.29, 1.82) is 0 Å².